The fourth-order valence-electron chi connectivity index (χ4n) is 3.07. The lowest BCUT2D eigenvalue weighted by molar-refractivity contribution is 0.319. The highest BCUT2D eigenvalue weighted by molar-refractivity contribution is 5.53. The van der Waals surface area contributed by atoms with E-state index in [1.165, 1.54) is 22.4 Å². The van der Waals surface area contributed by atoms with Crippen molar-refractivity contribution in [3.05, 3.63) is 95.6 Å². The van der Waals surface area contributed by atoms with Gasteiger partial charge in [-0.2, -0.15) is 0 Å². The van der Waals surface area contributed by atoms with E-state index < -0.39 is 0 Å². The van der Waals surface area contributed by atoms with E-state index in [4.69, 9.17) is 4.74 Å². The van der Waals surface area contributed by atoms with E-state index in [0.29, 0.717) is 12.5 Å². The first-order valence-electron chi connectivity index (χ1n) is 9.31. The van der Waals surface area contributed by atoms with E-state index in [1.807, 2.05) is 12.1 Å². The highest BCUT2D eigenvalue weighted by Gasteiger charge is 2.07. The Morgan fingerprint density at radius 2 is 1.50 bits per heavy atom. The lowest BCUT2D eigenvalue weighted by Gasteiger charge is -2.16. The first-order valence-corrected chi connectivity index (χ1v) is 9.31. The Bertz CT molecular complexity index is 811. The molecule has 0 fully saturated rings. The number of rotatable bonds is 8. The predicted octanol–water partition coefficient (Wildman–Crippen LogP) is 6.04. The van der Waals surface area contributed by atoms with Gasteiger partial charge in [-0.1, -0.05) is 80.6 Å². The van der Waals surface area contributed by atoms with Crippen molar-refractivity contribution in [2.75, 3.05) is 11.9 Å². The molecule has 0 aliphatic heterocycles. The summed E-state index contributed by atoms with van der Waals surface area (Å²) in [7, 11) is 0. The van der Waals surface area contributed by atoms with Gasteiger partial charge in [0, 0.05) is 24.2 Å². The fourth-order valence-corrected chi connectivity index (χ4v) is 3.07. The molecule has 0 amide bonds. The average Bonchev–Trinajstić information content (AvgIpc) is 2.68. The molecule has 0 aromatic heterocycles. The molecule has 3 aromatic rings. The van der Waals surface area contributed by atoms with Gasteiger partial charge in [0.1, 0.15) is 5.75 Å². The number of anilines is 1. The van der Waals surface area contributed by atoms with Crippen LogP contribution in [0.4, 0.5) is 5.69 Å². The second-order valence-corrected chi connectivity index (χ2v) is 6.79. The van der Waals surface area contributed by atoms with E-state index in [2.05, 4.69) is 85.9 Å². The van der Waals surface area contributed by atoms with Gasteiger partial charge < -0.3 is 10.1 Å². The van der Waals surface area contributed by atoms with Gasteiger partial charge in [0.05, 0.1) is 6.61 Å². The molecule has 0 spiro atoms. The number of nitrogens with one attached hydrogen (secondary N) is 1. The highest BCUT2D eigenvalue weighted by Crippen LogP contribution is 2.26. The molecule has 0 saturated heterocycles. The Morgan fingerprint density at radius 1 is 0.808 bits per heavy atom. The minimum atomic E-state index is 0.496. The van der Waals surface area contributed by atoms with Crippen LogP contribution in [-0.2, 0) is 13.0 Å². The Morgan fingerprint density at radius 3 is 2.31 bits per heavy atom. The first-order chi connectivity index (χ1) is 12.7. The van der Waals surface area contributed by atoms with Gasteiger partial charge in [0.25, 0.3) is 0 Å². The highest BCUT2D eigenvalue weighted by atomic mass is 16.5. The third-order valence-electron chi connectivity index (χ3n) is 4.52. The maximum absolute atomic E-state index is 6.07. The standard InChI is InChI=1S/C24H27NO/c1-19(2)22-13-7-8-14-23(22)25-18-21-12-6-9-15-24(21)26-17-16-20-10-4-3-5-11-20/h3-15,19,25H,16-18H2,1-2H3. The van der Waals surface area contributed by atoms with Crippen LogP contribution in [0.2, 0.25) is 0 Å². The molecule has 0 saturated carbocycles. The molecule has 3 aromatic carbocycles. The largest absolute Gasteiger partial charge is 0.493 e. The van der Waals surface area contributed by atoms with Crippen LogP contribution in [0.15, 0.2) is 78.9 Å². The van der Waals surface area contributed by atoms with Crippen molar-refractivity contribution in [3.63, 3.8) is 0 Å². The van der Waals surface area contributed by atoms with Crippen molar-refractivity contribution in [1.82, 2.24) is 0 Å². The summed E-state index contributed by atoms with van der Waals surface area (Å²) in [5.74, 6) is 1.45. The molecule has 1 N–H and O–H groups in total. The van der Waals surface area contributed by atoms with E-state index in [9.17, 15) is 0 Å². The van der Waals surface area contributed by atoms with Crippen LogP contribution in [0.25, 0.3) is 0 Å². The molecule has 0 unspecified atom stereocenters. The van der Waals surface area contributed by atoms with E-state index >= 15 is 0 Å². The molecule has 3 rings (SSSR count). The summed E-state index contributed by atoms with van der Waals surface area (Å²) in [4.78, 5) is 0. The number of hydrogen-bond acceptors (Lipinski definition) is 2. The zero-order valence-electron chi connectivity index (χ0n) is 15.6. The molecule has 2 nitrogen and oxygen atoms in total. The second kappa shape index (κ2) is 9.10. The quantitative estimate of drug-likeness (QED) is 0.537. The molecule has 26 heavy (non-hydrogen) atoms. The van der Waals surface area contributed by atoms with Gasteiger partial charge in [-0.15, -0.1) is 0 Å². The molecule has 0 atom stereocenters. The van der Waals surface area contributed by atoms with E-state index in [-0.39, 0.29) is 0 Å². The van der Waals surface area contributed by atoms with Gasteiger partial charge in [-0.25, -0.2) is 0 Å². The summed E-state index contributed by atoms with van der Waals surface area (Å²) in [5, 5.41) is 3.58. The molecular formula is C24H27NO. The summed E-state index contributed by atoms with van der Waals surface area (Å²) in [5.41, 5.74) is 5.02. The van der Waals surface area contributed by atoms with Crippen molar-refractivity contribution < 1.29 is 4.74 Å². The van der Waals surface area contributed by atoms with Gasteiger partial charge in [0.2, 0.25) is 0 Å². The van der Waals surface area contributed by atoms with Crippen molar-refractivity contribution in [3.8, 4) is 5.75 Å². The van der Waals surface area contributed by atoms with Crippen LogP contribution in [0.1, 0.15) is 36.5 Å². The van der Waals surface area contributed by atoms with E-state index in [0.717, 1.165) is 18.7 Å². The molecule has 0 radical (unpaired) electrons. The summed E-state index contributed by atoms with van der Waals surface area (Å²) in [6.07, 6.45) is 0.915. The Kier molecular flexibility index (Phi) is 6.32. The van der Waals surface area contributed by atoms with E-state index in [1.54, 1.807) is 0 Å². The van der Waals surface area contributed by atoms with Crippen LogP contribution in [0.3, 0.4) is 0 Å². The van der Waals surface area contributed by atoms with Crippen molar-refractivity contribution >= 4 is 5.69 Å². The lowest BCUT2D eigenvalue weighted by atomic mass is 10.0. The minimum absolute atomic E-state index is 0.496. The predicted molar refractivity (Wildman–Crippen MR) is 110 cm³/mol. The summed E-state index contributed by atoms with van der Waals surface area (Å²) in [6.45, 7) is 5.89. The fraction of sp³-hybridized carbons (Fsp3) is 0.250. The zero-order valence-corrected chi connectivity index (χ0v) is 15.6. The smallest absolute Gasteiger partial charge is 0.124 e. The van der Waals surface area contributed by atoms with Crippen LogP contribution < -0.4 is 10.1 Å². The molecule has 0 aliphatic rings. The summed E-state index contributed by atoms with van der Waals surface area (Å²) in [6, 6.07) is 27.2. The normalized spacial score (nSPS) is 10.7. The maximum Gasteiger partial charge on any atom is 0.124 e. The van der Waals surface area contributed by atoms with Gasteiger partial charge in [-0.05, 0) is 29.2 Å². The SMILES string of the molecule is CC(C)c1ccccc1NCc1ccccc1OCCc1ccccc1. The lowest BCUT2D eigenvalue weighted by Crippen LogP contribution is -2.07. The molecule has 0 aliphatic carbocycles. The Hall–Kier alpha value is -2.74. The van der Waals surface area contributed by atoms with Gasteiger partial charge in [0.15, 0.2) is 0 Å². The third kappa shape index (κ3) is 4.89. The summed E-state index contributed by atoms with van der Waals surface area (Å²) < 4.78 is 6.07. The Balaban J connectivity index is 1.62. The molecule has 134 valence electrons. The first kappa shape index (κ1) is 18.1. The zero-order chi connectivity index (χ0) is 18.2. The topological polar surface area (TPSA) is 21.3 Å². The number of para-hydroxylation sites is 2. The number of benzene rings is 3. The number of ether oxygens (including phenoxy) is 1. The molecular weight excluding hydrogens is 318 g/mol. The minimum Gasteiger partial charge on any atom is -0.493 e. The monoisotopic (exact) mass is 345 g/mol. The second-order valence-electron chi connectivity index (χ2n) is 6.79. The van der Waals surface area contributed by atoms with Crippen molar-refractivity contribution in [1.29, 1.82) is 0 Å². The summed E-state index contributed by atoms with van der Waals surface area (Å²) >= 11 is 0. The van der Waals surface area contributed by atoms with Crippen LogP contribution >= 0.6 is 0 Å². The van der Waals surface area contributed by atoms with Crippen molar-refractivity contribution in [2.24, 2.45) is 0 Å². The van der Waals surface area contributed by atoms with Crippen LogP contribution in [0, 0.1) is 0 Å². The molecule has 2 heteroatoms. The molecule has 0 heterocycles. The van der Waals surface area contributed by atoms with Crippen LogP contribution in [0.5, 0.6) is 5.75 Å². The maximum atomic E-state index is 6.07. The number of hydrogen-bond donors (Lipinski definition) is 1. The average molecular weight is 345 g/mol. The third-order valence-corrected chi connectivity index (χ3v) is 4.52. The van der Waals surface area contributed by atoms with Gasteiger partial charge in [-0.3, -0.25) is 0 Å². The van der Waals surface area contributed by atoms with Crippen molar-refractivity contribution in [2.45, 2.75) is 32.7 Å². The van der Waals surface area contributed by atoms with Crippen LogP contribution in [-0.4, -0.2) is 6.61 Å². The molecule has 0 bridgehead atoms. The Labute approximate surface area is 156 Å². The van der Waals surface area contributed by atoms with Gasteiger partial charge >= 0.3 is 0 Å².